The number of piperidine rings is 2. The third kappa shape index (κ3) is 3.51. The van der Waals surface area contributed by atoms with Crippen LogP contribution in [0.1, 0.15) is 49.4 Å². The van der Waals surface area contributed by atoms with Crippen molar-refractivity contribution < 1.29 is 9.21 Å². The number of carbonyl (C=O) groups is 1. The largest absolute Gasteiger partial charge is 0.423 e. The molecule has 0 saturated carbocycles. The van der Waals surface area contributed by atoms with Gasteiger partial charge in [0.2, 0.25) is 0 Å². The van der Waals surface area contributed by atoms with Gasteiger partial charge < -0.3 is 24.9 Å². The highest BCUT2D eigenvalue weighted by molar-refractivity contribution is 6.04. The monoisotopic (exact) mass is 397 g/mol. The summed E-state index contributed by atoms with van der Waals surface area (Å²) in [6.07, 6.45) is 5.87. The van der Waals surface area contributed by atoms with Crippen LogP contribution in [0.2, 0.25) is 0 Å². The van der Waals surface area contributed by atoms with Crippen molar-refractivity contribution in [2.45, 2.75) is 63.2 Å². The number of rotatable bonds is 3. The highest BCUT2D eigenvalue weighted by Gasteiger charge is 2.36. The minimum Gasteiger partial charge on any atom is -0.423 e. The van der Waals surface area contributed by atoms with Crippen LogP contribution >= 0.6 is 0 Å². The fourth-order valence-electron chi connectivity index (χ4n) is 5.36. The Morgan fingerprint density at radius 2 is 2.07 bits per heavy atom. The molecule has 7 heteroatoms. The summed E-state index contributed by atoms with van der Waals surface area (Å²) in [4.78, 5) is 22.6. The van der Waals surface area contributed by atoms with Crippen molar-refractivity contribution in [1.82, 2.24) is 20.5 Å². The van der Waals surface area contributed by atoms with E-state index in [-0.39, 0.29) is 11.9 Å². The fraction of sp³-hybridized carbons (Fsp3) is 0.636. The van der Waals surface area contributed by atoms with E-state index < -0.39 is 0 Å². The number of aromatic nitrogens is 1. The molecule has 0 spiro atoms. The molecule has 1 aromatic carbocycles. The van der Waals surface area contributed by atoms with Gasteiger partial charge in [-0.05, 0) is 51.8 Å². The Balaban J connectivity index is 1.36. The van der Waals surface area contributed by atoms with Crippen LogP contribution in [0, 0.1) is 0 Å². The molecule has 2 N–H and O–H groups in total. The van der Waals surface area contributed by atoms with E-state index in [0.29, 0.717) is 40.8 Å². The Morgan fingerprint density at radius 3 is 2.83 bits per heavy atom. The van der Waals surface area contributed by atoms with Crippen LogP contribution in [0.25, 0.3) is 11.1 Å². The van der Waals surface area contributed by atoms with Crippen molar-refractivity contribution in [2.24, 2.45) is 0 Å². The van der Waals surface area contributed by atoms with E-state index in [1.165, 1.54) is 19.3 Å². The first-order chi connectivity index (χ1) is 14.1. The Morgan fingerprint density at radius 1 is 1.28 bits per heavy atom. The maximum atomic E-state index is 13.1. The number of nitrogens with one attached hydrogen (secondary N) is 2. The zero-order valence-electron chi connectivity index (χ0n) is 17.4. The van der Waals surface area contributed by atoms with Crippen LogP contribution in [-0.2, 0) is 0 Å². The number of amides is 1. The number of piperazine rings is 1. The molecular formula is C22H31N5O2. The molecule has 29 heavy (non-hydrogen) atoms. The maximum absolute atomic E-state index is 13.1. The second-order valence-electron chi connectivity index (χ2n) is 8.94. The lowest BCUT2D eigenvalue weighted by Gasteiger charge is -2.47. The minimum absolute atomic E-state index is 0.0311. The first kappa shape index (κ1) is 18.9. The van der Waals surface area contributed by atoms with Gasteiger partial charge in [-0.1, -0.05) is 12.5 Å². The fourth-order valence-corrected chi connectivity index (χ4v) is 5.36. The molecule has 2 aromatic rings. The summed E-state index contributed by atoms with van der Waals surface area (Å²) in [6.45, 7) is 4.83. The lowest BCUT2D eigenvalue weighted by molar-refractivity contribution is 0.0463. The summed E-state index contributed by atoms with van der Waals surface area (Å²) in [6, 6.07) is 8.00. The van der Waals surface area contributed by atoms with Crippen molar-refractivity contribution in [1.29, 1.82) is 0 Å². The smallest absolute Gasteiger partial charge is 0.298 e. The van der Waals surface area contributed by atoms with Crippen LogP contribution in [0.5, 0.6) is 0 Å². The molecule has 3 atom stereocenters. The summed E-state index contributed by atoms with van der Waals surface area (Å²) in [5, 5.41) is 6.69. The van der Waals surface area contributed by atoms with E-state index in [9.17, 15) is 4.79 Å². The number of anilines is 1. The Kier molecular flexibility index (Phi) is 4.95. The molecule has 3 fully saturated rings. The van der Waals surface area contributed by atoms with Crippen molar-refractivity contribution in [2.75, 3.05) is 31.6 Å². The Labute approximate surface area is 171 Å². The van der Waals surface area contributed by atoms with Crippen LogP contribution in [-0.4, -0.2) is 66.6 Å². The second-order valence-corrected chi connectivity index (χ2v) is 8.94. The molecule has 5 rings (SSSR count). The topological polar surface area (TPSA) is 73.6 Å². The van der Waals surface area contributed by atoms with Gasteiger partial charge in [0.25, 0.3) is 11.9 Å². The van der Waals surface area contributed by atoms with Crippen LogP contribution in [0.3, 0.4) is 0 Å². The maximum Gasteiger partial charge on any atom is 0.298 e. The van der Waals surface area contributed by atoms with Crippen molar-refractivity contribution >= 4 is 23.0 Å². The SMILES string of the molecule is C[C@@H]1CNCCN1c1nc2c(C(=O)NC3CC4CCCC(C3)N4C)cccc2o1. The van der Waals surface area contributed by atoms with Crippen molar-refractivity contribution in [3.05, 3.63) is 23.8 Å². The molecule has 1 aromatic heterocycles. The van der Waals surface area contributed by atoms with E-state index in [1.54, 1.807) is 0 Å². The van der Waals surface area contributed by atoms with Gasteiger partial charge in [0.15, 0.2) is 5.58 Å². The van der Waals surface area contributed by atoms with Gasteiger partial charge >= 0.3 is 0 Å². The highest BCUT2D eigenvalue weighted by Crippen LogP contribution is 2.33. The first-order valence-electron chi connectivity index (χ1n) is 11.0. The first-order valence-corrected chi connectivity index (χ1v) is 11.0. The normalized spacial score (nSPS) is 30.5. The lowest BCUT2D eigenvalue weighted by Crippen LogP contribution is -2.55. The molecule has 2 bridgehead atoms. The molecule has 4 heterocycles. The van der Waals surface area contributed by atoms with Crippen LogP contribution in [0.15, 0.2) is 22.6 Å². The number of fused-ring (bicyclic) bond motifs is 3. The lowest BCUT2D eigenvalue weighted by atomic mass is 9.82. The highest BCUT2D eigenvalue weighted by atomic mass is 16.4. The third-order valence-electron chi connectivity index (χ3n) is 7.07. The van der Waals surface area contributed by atoms with Crippen molar-refractivity contribution in [3.63, 3.8) is 0 Å². The second kappa shape index (κ2) is 7.61. The Bertz CT molecular complexity index is 882. The van der Waals surface area contributed by atoms with Gasteiger partial charge in [-0.2, -0.15) is 4.98 Å². The molecule has 3 aliphatic rings. The average Bonchev–Trinajstić information content (AvgIpc) is 3.13. The summed E-state index contributed by atoms with van der Waals surface area (Å²) in [7, 11) is 2.24. The summed E-state index contributed by atoms with van der Waals surface area (Å²) in [5.74, 6) is -0.0311. The van der Waals surface area contributed by atoms with E-state index >= 15 is 0 Å². The van der Waals surface area contributed by atoms with Gasteiger partial charge in [-0.3, -0.25) is 4.79 Å². The van der Waals surface area contributed by atoms with Gasteiger partial charge in [0.05, 0.1) is 5.56 Å². The van der Waals surface area contributed by atoms with Gasteiger partial charge in [-0.25, -0.2) is 0 Å². The third-order valence-corrected chi connectivity index (χ3v) is 7.07. The molecule has 156 valence electrons. The number of oxazole rings is 1. The van der Waals surface area contributed by atoms with E-state index in [1.807, 2.05) is 18.2 Å². The average molecular weight is 398 g/mol. The number of carbonyl (C=O) groups excluding carboxylic acids is 1. The van der Waals surface area contributed by atoms with Gasteiger partial charge in [0, 0.05) is 43.8 Å². The number of nitrogens with zero attached hydrogens (tertiary/aromatic N) is 3. The predicted molar refractivity (Wildman–Crippen MR) is 113 cm³/mol. The van der Waals surface area contributed by atoms with Crippen LogP contribution in [0.4, 0.5) is 6.01 Å². The minimum atomic E-state index is -0.0311. The zero-order valence-corrected chi connectivity index (χ0v) is 17.4. The zero-order chi connectivity index (χ0) is 20.0. The summed E-state index contributed by atoms with van der Waals surface area (Å²) < 4.78 is 6.03. The molecule has 7 nitrogen and oxygen atoms in total. The standard InChI is InChI=1S/C22H31N5O2/c1-14-13-23-9-10-27(14)22-25-20-18(7-4-8-19(20)29-22)21(28)24-15-11-16-5-3-6-17(12-15)26(16)2/h4,7-8,14-17,23H,3,5-6,9-13H2,1-2H3,(H,24,28)/t14-,15?,16?,17?/m1/s1. The van der Waals surface area contributed by atoms with Crippen molar-refractivity contribution in [3.8, 4) is 0 Å². The van der Waals surface area contributed by atoms with E-state index in [4.69, 9.17) is 9.40 Å². The van der Waals surface area contributed by atoms with E-state index in [0.717, 1.165) is 32.5 Å². The molecule has 3 aliphatic heterocycles. The molecule has 1 amide bonds. The summed E-state index contributed by atoms with van der Waals surface area (Å²) >= 11 is 0. The molecule has 0 aliphatic carbocycles. The predicted octanol–water partition coefficient (Wildman–Crippen LogP) is 2.37. The Hall–Kier alpha value is -2.12. The van der Waals surface area contributed by atoms with Crippen LogP contribution < -0.4 is 15.5 Å². The summed E-state index contributed by atoms with van der Waals surface area (Å²) in [5.41, 5.74) is 1.96. The molecule has 2 unspecified atom stereocenters. The molecule has 3 saturated heterocycles. The van der Waals surface area contributed by atoms with Gasteiger partial charge in [0.1, 0.15) is 5.52 Å². The number of para-hydroxylation sites is 1. The number of hydrogen-bond acceptors (Lipinski definition) is 6. The molecular weight excluding hydrogens is 366 g/mol. The number of hydrogen-bond donors (Lipinski definition) is 2. The number of benzene rings is 1. The van der Waals surface area contributed by atoms with Gasteiger partial charge in [-0.15, -0.1) is 0 Å². The van der Waals surface area contributed by atoms with E-state index in [2.05, 4.69) is 34.4 Å². The molecule has 0 radical (unpaired) electrons. The quantitative estimate of drug-likeness (QED) is 0.828.